The van der Waals surface area contributed by atoms with Crippen molar-refractivity contribution in [3.05, 3.63) is 88.7 Å². The summed E-state index contributed by atoms with van der Waals surface area (Å²) in [6.45, 7) is 9.40. The van der Waals surface area contributed by atoms with Crippen LogP contribution in [0.4, 0.5) is 10.3 Å². The van der Waals surface area contributed by atoms with Crippen LogP contribution in [0.3, 0.4) is 0 Å². The topological polar surface area (TPSA) is 75.1 Å². The van der Waals surface area contributed by atoms with Crippen molar-refractivity contribution in [3.63, 3.8) is 0 Å². The van der Waals surface area contributed by atoms with Gasteiger partial charge in [0.2, 0.25) is 5.95 Å². The smallest absolute Gasteiger partial charge is 0.271 e. The SMILES string of the molecule is C=C/C(=C\c1c(C)ccn1NC(=O)c1cc(F)ccc1Cl)c1cnc(N2CCNCC2)nc1. The molecule has 33 heavy (non-hydrogen) atoms. The number of hydrogen-bond acceptors (Lipinski definition) is 5. The molecule has 1 aliphatic heterocycles. The Balaban J connectivity index is 1.59. The summed E-state index contributed by atoms with van der Waals surface area (Å²) in [4.78, 5) is 23.9. The standard InChI is InChI=1S/C24H24ClFN6O/c1-3-17(18-14-28-24(29-15-18)31-10-7-27-8-11-31)12-22-16(2)6-9-32(22)30-23(33)20-13-19(26)4-5-21(20)25/h3-6,9,12-15,27H,1,7-8,10-11H2,2H3,(H,30,33)/b17-12+. The van der Waals surface area contributed by atoms with E-state index < -0.39 is 11.7 Å². The molecule has 0 aliphatic carbocycles. The molecule has 1 aliphatic rings. The first kappa shape index (κ1) is 22.7. The van der Waals surface area contributed by atoms with Crippen molar-refractivity contribution in [2.24, 2.45) is 0 Å². The number of halogens is 2. The van der Waals surface area contributed by atoms with Crippen LogP contribution in [0.15, 0.2) is 55.5 Å². The number of amides is 1. The molecule has 2 N–H and O–H groups in total. The Morgan fingerprint density at radius 3 is 2.67 bits per heavy atom. The number of carbonyl (C=O) groups is 1. The second-order valence-electron chi connectivity index (χ2n) is 7.63. The third kappa shape index (κ3) is 5.13. The molecule has 0 bridgehead atoms. The zero-order chi connectivity index (χ0) is 23.4. The van der Waals surface area contributed by atoms with Crippen LogP contribution in [0, 0.1) is 12.7 Å². The molecule has 0 radical (unpaired) electrons. The van der Waals surface area contributed by atoms with Crippen LogP contribution in [-0.2, 0) is 0 Å². The van der Waals surface area contributed by atoms with Crippen LogP contribution in [0.1, 0.15) is 27.2 Å². The molecule has 7 nitrogen and oxygen atoms in total. The lowest BCUT2D eigenvalue weighted by atomic mass is 10.1. The molecule has 1 amide bonds. The number of aromatic nitrogens is 3. The molecule has 1 saturated heterocycles. The molecule has 1 aromatic carbocycles. The quantitative estimate of drug-likeness (QED) is 0.539. The number of rotatable bonds is 6. The van der Waals surface area contributed by atoms with E-state index in [9.17, 15) is 9.18 Å². The van der Waals surface area contributed by atoms with Crippen LogP contribution < -0.4 is 15.6 Å². The van der Waals surface area contributed by atoms with Crippen molar-refractivity contribution in [2.45, 2.75) is 6.92 Å². The van der Waals surface area contributed by atoms with Gasteiger partial charge in [-0.1, -0.05) is 24.3 Å². The van der Waals surface area contributed by atoms with Crippen molar-refractivity contribution >= 4 is 35.1 Å². The normalized spacial score (nSPS) is 14.3. The van der Waals surface area contributed by atoms with Crippen molar-refractivity contribution in [1.82, 2.24) is 20.0 Å². The summed E-state index contributed by atoms with van der Waals surface area (Å²) < 4.78 is 15.2. The Morgan fingerprint density at radius 2 is 1.97 bits per heavy atom. The summed E-state index contributed by atoms with van der Waals surface area (Å²) in [5, 5.41) is 3.48. The first-order chi connectivity index (χ1) is 16.0. The minimum absolute atomic E-state index is 0.0544. The van der Waals surface area contributed by atoms with E-state index >= 15 is 0 Å². The third-order valence-electron chi connectivity index (χ3n) is 5.42. The molecule has 1 fully saturated rings. The predicted molar refractivity (Wildman–Crippen MR) is 129 cm³/mol. The average Bonchev–Trinajstić information content (AvgIpc) is 3.18. The largest absolute Gasteiger partial charge is 0.338 e. The molecule has 9 heteroatoms. The van der Waals surface area contributed by atoms with Gasteiger partial charge in [0, 0.05) is 50.3 Å². The fourth-order valence-electron chi connectivity index (χ4n) is 3.57. The summed E-state index contributed by atoms with van der Waals surface area (Å²) >= 11 is 6.08. The van der Waals surface area contributed by atoms with Crippen molar-refractivity contribution in [3.8, 4) is 0 Å². The summed E-state index contributed by atoms with van der Waals surface area (Å²) in [5.74, 6) is -0.359. The zero-order valence-electron chi connectivity index (χ0n) is 18.2. The van der Waals surface area contributed by atoms with E-state index in [-0.39, 0.29) is 10.6 Å². The van der Waals surface area contributed by atoms with Crippen LogP contribution in [-0.4, -0.2) is 46.7 Å². The third-order valence-corrected chi connectivity index (χ3v) is 5.75. The van der Waals surface area contributed by atoms with Crippen LogP contribution in [0.25, 0.3) is 11.6 Å². The molecular weight excluding hydrogens is 443 g/mol. The Kier molecular flexibility index (Phi) is 6.86. The molecule has 0 saturated carbocycles. The predicted octanol–water partition coefficient (Wildman–Crippen LogP) is 3.90. The second kappa shape index (κ2) is 9.97. The number of nitrogens with zero attached hydrogens (tertiary/aromatic N) is 4. The Labute approximate surface area is 196 Å². The van der Waals surface area contributed by atoms with Gasteiger partial charge in [-0.3, -0.25) is 14.9 Å². The maximum atomic E-state index is 13.6. The van der Waals surface area contributed by atoms with Gasteiger partial charge in [0.25, 0.3) is 5.91 Å². The number of hydrogen-bond donors (Lipinski definition) is 2. The number of nitrogens with one attached hydrogen (secondary N) is 2. The highest BCUT2D eigenvalue weighted by molar-refractivity contribution is 6.34. The van der Waals surface area contributed by atoms with Gasteiger partial charge in [-0.2, -0.15) is 0 Å². The molecule has 2 aromatic heterocycles. The summed E-state index contributed by atoms with van der Waals surface area (Å²) in [7, 11) is 0. The molecule has 4 rings (SSSR count). The number of carbonyl (C=O) groups excluding carboxylic acids is 1. The highest BCUT2D eigenvalue weighted by Gasteiger charge is 2.15. The van der Waals surface area contributed by atoms with E-state index in [1.807, 2.05) is 19.1 Å². The minimum atomic E-state index is -0.536. The van der Waals surface area contributed by atoms with Crippen LogP contribution >= 0.6 is 11.6 Å². The number of aryl methyl sites for hydroxylation is 1. The lowest BCUT2D eigenvalue weighted by Crippen LogP contribution is -2.44. The first-order valence-electron chi connectivity index (χ1n) is 10.5. The number of anilines is 1. The van der Waals surface area contributed by atoms with Gasteiger partial charge in [0.15, 0.2) is 0 Å². The molecule has 3 heterocycles. The highest BCUT2D eigenvalue weighted by Crippen LogP contribution is 2.23. The second-order valence-corrected chi connectivity index (χ2v) is 8.04. The average molecular weight is 467 g/mol. The van der Waals surface area contributed by atoms with Crippen molar-refractivity contribution < 1.29 is 9.18 Å². The zero-order valence-corrected chi connectivity index (χ0v) is 18.9. The lowest BCUT2D eigenvalue weighted by molar-refractivity contribution is 0.101. The van der Waals surface area contributed by atoms with E-state index in [2.05, 4.69) is 32.2 Å². The molecule has 0 spiro atoms. The van der Waals surface area contributed by atoms with Gasteiger partial charge in [-0.15, -0.1) is 0 Å². The van der Waals surface area contributed by atoms with Gasteiger partial charge in [-0.05, 0) is 48.4 Å². The van der Waals surface area contributed by atoms with Crippen molar-refractivity contribution in [2.75, 3.05) is 36.5 Å². The monoisotopic (exact) mass is 466 g/mol. The fraction of sp³-hybridized carbons (Fsp3) is 0.208. The minimum Gasteiger partial charge on any atom is -0.338 e. The van der Waals surface area contributed by atoms with Gasteiger partial charge < -0.3 is 10.2 Å². The molecule has 0 atom stereocenters. The summed E-state index contributed by atoms with van der Waals surface area (Å²) in [6.07, 6.45) is 8.86. The van der Waals surface area contributed by atoms with E-state index in [1.165, 1.54) is 12.1 Å². The fourth-order valence-corrected chi connectivity index (χ4v) is 3.77. The van der Waals surface area contributed by atoms with Gasteiger partial charge >= 0.3 is 0 Å². The summed E-state index contributed by atoms with van der Waals surface area (Å²) in [5.41, 5.74) is 6.07. The Morgan fingerprint density at radius 1 is 1.24 bits per heavy atom. The molecule has 170 valence electrons. The van der Waals surface area contributed by atoms with Crippen LogP contribution in [0.2, 0.25) is 5.02 Å². The summed E-state index contributed by atoms with van der Waals surface area (Å²) in [6, 6.07) is 5.53. The van der Waals surface area contributed by atoms with Gasteiger partial charge in [-0.25, -0.2) is 14.4 Å². The maximum absolute atomic E-state index is 13.6. The lowest BCUT2D eigenvalue weighted by Gasteiger charge is -2.27. The molecule has 3 aromatic rings. The molecular formula is C24H24ClFN6O. The molecule has 0 unspecified atom stereocenters. The first-order valence-corrected chi connectivity index (χ1v) is 10.9. The Hall–Kier alpha value is -3.49. The Bertz CT molecular complexity index is 1200. The maximum Gasteiger partial charge on any atom is 0.271 e. The number of allylic oxidation sites excluding steroid dienone is 2. The number of piperazine rings is 1. The highest BCUT2D eigenvalue weighted by atomic mass is 35.5. The van der Waals surface area contributed by atoms with Crippen LogP contribution in [0.5, 0.6) is 0 Å². The number of benzene rings is 1. The van der Waals surface area contributed by atoms with Crippen molar-refractivity contribution in [1.29, 1.82) is 0 Å². The van der Waals surface area contributed by atoms with E-state index in [0.717, 1.165) is 54.6 Å². The van der Waals surface area contributed by atoms with E-state index in [0.29, 0.717) is 5.95 Å². The van der Waals surface area contributed by atoms with Gasteiger partial charge in [0.05, 0.1) is 16.3 Å². The van der Waals surface area contributed by atoms with E-state index in [1.54, 1.807) is 29.3 Å². The van der Waals surface area contributed by atoms with Gasteiger partial charge in [0.1, 0.15) is 5.82 Å². The van der Waals surface area contributed by atoms with E-state index in [4.69, 9.17) is 11.6 Å².